The number of aryl methyl sites for hydroxylation is 1. The van der Waals surface area contributed by atoms with E-state index in [1.165, 1.54) is 23.6 Å². The Hall–Kier alpha value is -1.90. The van der Waals surface area contributed by atoms with Gasteiger partial charge in [0.2, 0.25) is 0 Å². The molecule has 0 fully saturated rings. The molecule has 100 valence electrons. The number of benzene rings is 1. The molecule has 0 heterocycles. The zero-order chi connectivity index (χ0) is 13.9. The van der Waals surface area contributed by atoms with E-state index >= 15 is 0 Å². The molecule has 0 N–H and O–H groups in total. The molecule has 3 nitrogen and oxygen atoms in total. The van der Waals surface area contributed by atoms with E-state index < -0.39 is 5.97 Å². The lowest BCUT2D eigenvalue weighted by molar-refractivity contribution is -0.140. The van der Waals surface area contributed by atoms with E-state index in [1.54, 1.807) is 6.21 Å². The lowest BCUT2D eigenvalue weighted by Gasteiger charge is -2.27. The number of allylic oxidation sites excluding steroid dienone is 1. The topological polar surface area (TPSA) is 38.7 Å². The zero-order valence-electron chi connectivity index (χ0n) is 11.6. The summed E-state index contributed by atoms with van der Waals surface area (Å²) in [5.74, 6) is -0.394. The van der Waals surface area contributed by atoms with Gasteiger partial charge >= 0.3 is 5.97 Å². The van der Waals surface area contributed by atoms with Gasteiger partial charge < -0.3 is 4.84 Å². The van der Waals surface area contributed by atoms with Crippen molar-refractivity contribution in [3.63, 3.8) is 0 Å². The first kappa shape index (κ1) is 13.5. The first-order valence-electron chi connectivity index (χ1n) is 6.50. The predicted octanol–water partition coefficient (Wildman–Crippen LogP) is 3.59. The minimum absolute atomic E-state index is 0.205. The molecular formula is C16H19NO2. The molecule has 0 saturated carbocycles. The lowest BCUT2D eigenvalue weighted by atomic mass is 9.78. The Morgan fingerprint density at radius 2 is 2.05 bits per heavy atom. The Bertz CT molecular complexity index is 541. The number of hydrogen-bond acceptors (Lipinski definition) is 3. The van der Waals surface area contributed by atoms with Crippen LogP contribution in [0.15, 0.2) is 35.0 Å². The zero-order valence-corrected chi connectivity index (χ0v) is 11.6. The lowest BCUT2D eigenvalue weighted by Crippen LogP contribution is -2.19. The highest BCUT2D eigenvalue weighted by molar-refractivity contribution is 5.75. The molecule has 1 aliphatic carbocycles. The smallest absolute Gasteiger partial charge is 0.319 e. The van der Waals surface area contributed by atoms with E-state index in [4.69, 9.17) is 0 Å². The van der Waals surface area contributed by atoms with Gasteiger partial charge in [0, 0.05) is 12.3 Å². The summed E-state index contributed by atoms with van der Waals surface area (Å²) in [4.78, 5) is 15.4. The molecule has 0 bridgehead atoms. The SMILES string of the molecule is CC(=O)O/N=C/C(C)(C)C1=Cc2ccccc2CC1. The van der Waals surface area contributed by atoms with Crippen LogP contribution in [0.25, 0.3) is 6.08 Å². The second kappa shape index (κ2) is 5.39. The van der Waals surface area contributed by atoms with E-state index in [9.17, 15) is 4.79 Å². The van der Waals surface area contributed by atoms with Crippen molar-refractivity contribution in [2.45, 2.75) is 33.6 Å². The van der Waals surface area contributed by atoms with Gasteiger partial charge in [-0.15, -0.1) is 0 Å². The molecule has 1 aromatic carbocycles. The first-order valence-corrected chi connectivity index (χ1v) is 6.50. The summed E-state index contributed by atoms with van der Waals surface area (Å²) in [5.41, 5.74) is 3.77. The average Bonchev–Trinajstić information content (AvgIpc) is 2.37. The molecule has 0 unspecified atom stereocenters. The van der Waals surface area contributed by atoms with Crippen molar-refractivity contribution in [2.24, 2.45) is 10.6 Å². The third-order valence-corrected chi connectivity index (χ3v) is 3.43. The highest BCUT2D eigenvalue weighted by Crippen LogP contribution is 2.34. The van der Waals surface area contributed by atoms with Gasteiger partial charge in [0.25, 0.3) is 0 Å². The Morgan fingerprint density at radius 1 is 1.32 bits per heavy atom. The van der Waals surface area contributed by atoms with Crippen LogP contribution in [0.1, 0.15) is 38.3 Å². The van der Waals surface area contributed by atoms with Crippen molar-refractivity contribution in [3.05, 3.63) is 41.0 Å². The maximum absolute atomic E-state index is 10.7. The van der Waals surface area contributed by atoms with Crippen molar-refractivity contribution in [1.82, 2.24) is 0 Å². The quantitative estimate of drug-likeness (QED) is 0.471. The van der Waals surface area contributed by atoms with Crippen LogP contribution in [0, 0.1) is 5.41 Å². The fourth-order valence-corrected chi connectivity index (χ4v) is 2.26. The number of fused-ring (bicyclic) bond motifs is 1. The van der Waals surface area contributed by atoms with Crippen molar-refractivity contribution in [1.29, 1.82) is 0 Å². The number of nitrogens with zero attached hydrogens (tertiary/aromatic N) is 1. The van der Waals surface area contributed by atoms with Crippen LogP contribution in [0.4, 0.5) is 0 Å². The van der Waals surface area contributed by atoms with Crippen LogP contribution in [0.5, 0.6) is 0 Å². The number of carbonyl (C=O) groups is 1. The minimum atomic E-state index is -0.394. The second-order valence-corrected chi connectivity index (χ2v) is 5.41. The molecule has 19 heavy (non-hydrogen) atoms. The molecule has 0 atom stereocenters. The van der Waals surface area contributed by atoms with Gasteiger partial charge in [0.05, 0.1) is 6.21 Å². The molecular weight excluding hydrogens is 238 g/mol. The molecule has 2 rings (SSSR count). The highest BCUT2D eigenvalue weighted by atomic mass is 16.7. The summed E-state index contributed by atoms with van der Waals surface area (Å²) in [6.45, 7) is 5.51. The van der Waals surface area contributed by atoms with Crippen LogP contribution in [-0.2, 0) is 16.1 Å². The van der Waals surface area contributed by atoms with Gasteiger partial charge in [-0.25, -0.2) is 4.79 Å². The first-order chi connectivity index (χ1) is 8.99. The fraction of sp³-hybridized carbons (Fsp3) is 0.375. The van der Waals surface area contributed by atoms with Crippen molar-refractivity contribution in [3.8, 4) is 0 Å². The average molecular weight is 257 g/mol. The highest BCUT2D eigenvalue weighted by Gasteiger charge is 2.24. The monoisotopic (exact) mass is 257 g/mol. The number of oxime groups is 1. The number of hydrogen-bond donors (Lipinski definition) is 0. The van der Waals surface area contributed by atoms with Gasteiger partial charge in [-0.3, -0.25) is 0 Å². The normalized spacial score (nSPS) is 15.0. The Balaban J connectivity index is 2.20. The van der Waals surface area contributed by atoms with Crippen molar-refractivity contribution >= 4 is 18.3 Å². The van der Waals surface area contributed by atoms with Crippen molar-refractivity contribution in [2.75, 3.05) is 0 Å². The van der Waals surface area contributed by atoms with E-state index in [1.807, 2.05) is 0 Å². The van der Waals surface area contributed by atoms with Gasteiger partial charge in [-0.2, -0.15) is 0 Å². The standard InChI is InChI=1S/C16H19NO2/c1-12(18)19-17-11-16(2,3)15-9-8-13-6-4-5-7-14(13)10-15/h4-7,10-11H,8-9H2,1-3H3/b17-11+. The summed E-state index contributed by atoms with van der Waals surface area (Å²) in [6.07, 6.45) is 5.98. The van der Waals surface area contributed by atoms with Gasteiger partial charge in [-0.05, 0) is 24.0 Å². The number of rotatable bonds is 3. The van der Waals surface area contributed by atoms with Gasteiger partial charge in [-0.1, -0.05) is 54.9 Å². The van der Waals surface area contributed by atoms with E-state index in [0.717, 1.165) is 12.8 Å². The molecule has 1 aliphatic rings. The fourth-order valence-electron chi connectivity index (χ4n) is 2.26. The molecule has 0 saturated heterocycles. The van der Waals surface area contributed by atoms with Crippen LogP contribution in [0.3, 0.4) is 0 Å². The summed E-state index contributed by atoms with van der Waals surface area (Å²) in [5, 5.41) is 3.76. The van der Waals surface area contributed by atoms with Gasteiger partial charge in [0.1, 0.15) is 0 Å². The summed E-state index contributed by atoms with van der Waals surface area (Å²) in [7, 11) is 0. The third-order valence-electron chi connectivity index (χ3n) is 3.43. The second-order valence-electron chi connectivity index (χ2n) is 5.41. The molecule has 1 aromatic rings. The molecule has 0 aromatic heterocycles. The minimum Gasteiger partial charge on any atom is -0.319 e. The summed E-state index contributed by atoms with van der Waals surface area (Å²) >= 11 is 0. The van der Waals surface area contributed by atoms with Crippen molar-refractivity contribution < 1.29 is 9.63 Å². The summed E-state index contributed by atoms with van der Waals surface area (Å²) in [6, 6.07) is 8.43. The number of carbonyl (C=O) groups excluding carboxylic acids is 1. The molecule has 0 amide bonds. The summed E-state index contributed by atoms with van der Waals surface area (Å²) < 4.78 is 0. The van der Waals surface area contributed by atoms with Crippen LogP contribution < -0.4 is 0 Å². The Labute approximate surface area is 114 Å². The molecule has 0 radical (unpaired) electrons. The van der Waals surface area contributed by atoms with E-state index in [0.29, 0.717) is 0 Å². The molecule has 0 aliphatic heterocycles. The van der Waals surface area contributed by atoms with E-state index in [-0.39, 0.29) is 5.41 Å². The maximum atomic E-state index is 10.7. The van der Waals surface area contributed by atoms with Crippen LogP contribution >= 0.6 is 0 Å². The largest absolute Gasteiger partial charge is 0.331 e. The maximum Gasteiger partial charge on any atom is 0.331 e. The Kier molecular flexibility index (Phi) is 3.84. The predicted molar refractivity (Wildman–Crippen MR) is 76.8 cm³/mol. The Morgan fingerprint density at radius 3 is 2.79 bits per heavy atom. The molecule has 0 spiro atoms. The van der Waals surface area contributed by atoms with E-state index in [2.05, 4.69) is 54.2 Å². The van der Waals surface area contributed by atoms with Crippen LogP contribution in [-0.4, -0.2) is 12.2 Å². The van der Waals surface area contributed by atoms with Crippen LogP contribution in [0.2, 0.25) is 0 Å². The third kappa shape index (κ3) is 3.31. The van der Waals surface area contributed by atoms with Gasteiger partial charge in [0.15, 0.2) is 0 Å². The molecule has 3 heteroatoms.